The first kappa shape index (κ1) is 20.5. The summed E-state index contributed by atoms with van der Waals surface area (Å²) in [6.07, 6.45) is 0. The van der Waals surface area contributed by atoms with Crippen LogP contribution in [-0.4, -0.2) is 23.8 Å². The van der Waals surface area contributed by atoms with Crippen molar-refractivity contribution in [1.29, 1.82) is 0 Å². The summed E-state index contributed by atoms with van der Waals surface area (Å²) >= 11 is 6.05. The molecule has 4 N–H and O–H groups in total. The maximum absolute atomic E-state index is 12.8. The first-order valence-corrected chi connectivity index (χ1v) is 8.89. The number of halogens is 1. The number of hydrogen-bond acceptors (Lipinski definition) is 3. The maximum atomic E-state index is 12.8. The summed E-state index contributed by atoms with van der Waals surface area (Å²) in [7, 11) is 0. The third-order valence-corrected chi connectivity index (χ3v) is 4.39. The summed E-state index contributed by atoms with van der Waals surface area (Å²) in [5.41, 5.74) is 6.29. The molecule has 0 saturated carbocycles. The number of hydrogen-bond donors (Lipinski definition) is 3. The van der Waals surface area contributed by atoms with Crippen LogP contribution in [0.3, 0.4) is 0 Å². The lowest BCUT2D eigenvalue weighted by molar-refractivity contribution is -0.129. The van der Waals surface area contributed by atoms with Gasteiger partial charge in [-0.3, -0.25) is 14.4 Å². The van der Waals surface area contributed by atoms with Gasteiger partial charge in [0.15, 0.2) is 0 Å². The summed E-state index contributed by atoms with van der Waals surface area (Å²) < 4.78 is 0. The van der Waals surface area contributed by atoms with E-state index in [2.05, 4.69) is 10.6 Å². The van der Waals surface area contributed by atoms with E-state index in [0.717, 1.165) is 0 Å². The van der Waals surface area contributed by atoms with E-state index in [-0.39, 0.29) is 16.5 Å². The quantitative estimate of drug-likeness (QED) is 0.680. The number of carbonyl (C=O) groups excluding carboxylic acids is 3. The van der Waals surface area contributed by atoms with E-state index in [1.165, 1.54) is 0 Å². The van der Waals surface area contributed by atoms with Crippen LogP contribution in [0.15, 0.2) is 54.6 Å². The Balaban J connectivity index is 2.18. The Labute approximate surface area is 163 Å². The summed E-state index contributed by atoms with van der Waals surface area (Å²) in [5, 5.41) is 5.60. The molecule has 142 valence electrons. The standard InChI is InChI=1S/C20H22ClN3O3/c1-12(2)16(23-19(26)14-10-6-7-11-15(14)21)20(27)24-17(18(22)25)13-8-4-3-5-9-13/h3-12,16-17H,1-2H3,(H2,22,25)(H,23,26)(H,24,27). The molecule has 3 amide bonds. The van der Waals surface area contributed by atoms with Crippen molar-refractivity contribution in [2.75, 3.05) is 0 Å². The average Bonchev–Trinajstić information content (AvgIpc) is 2.64. The van der Waals surface area contributed by atoms with E-state index >= 15 is 0 Å². The molecule has 0 spiro atoms. The Morgan fingerprint density at radius 1 is 0.926 bits per heavy atom. The molecule has 0 radical (unpaired) electrons. The Kier molecular flexibility index (Phi) is 6.96. The van der Waals surface area contributed by atoms with Crippen molar-refractivity contribution in [1.82, 2.24) is 10.6 Å². The van der Waals surface area contributed by atoms with Crippen LogP contribution in [0.25, 0.3) is 0 Å². The molecule has 0 fully saturated rings. The molecule has 2 unspecified atom stereocenters. The van der Waals surface area contributed by atoms with Crippen molar-refractivity contribution >= 4 is 29.3 Å². The zero-order chi connectivity index (χ0) is 20.0. The van der Waals surface area contributed by atoms with E-state index in [1.54, 1.807) is 68.4 Å². The van der Waals surface area contributed by atoms with Gasteiger partial charge in [-0.1, -0.05) is 67.9 Å². The highest BCUT2D eigenvalue weighted by Crippen LogP contribution is 2.17. The average molecular weight is 388 g/mol. The molecule has 2 atom stereocenters. The van der Waals surface area contributed by atoms with Gasteiger partial charge in [0, 0.05) is 0 Å². The molecule has 6 nitrogen and oxygen atoms in total. The van der Waals surface area contributed by atoms with Crippen molar-refractivity contribution in [2.24, 2.45) is 11.7 Å². The predicted octanol–water partition coefficient (Wildman–Crippen LogP) is 2.44. The fourth-order valence-corrected chi connectivity index (χ4v) is 2.82. The fraction of sp³-hybridized carbons (Fsp3) is 0.250. The molecule has 0 bridgehead atoms. The molecule has 0 heterocycles. The van der Waals surface area contributed by atoms with E-state index < -0.39 is 29.8 Å². The molecule has 2 aromatic rings. The lowest BCUT2D eigenvalue weighted by atomic mass is 10.0. The zero-order valence-corrected chi connectivity index (χ0v) is 15.9. The lowest BCUT2D eigenvalue weighted by Gasteiger charge is -2.24. The van der Waals surface area contributed by atoms with Gasteiger partial charge in [-0.2, -0.15) is 0 Å². The number of rotatable bonds is 7. The Morgan fingerprint density at radius 3 is 2.07 bits per heavy atom. The number of nitrogens with two attached hydrogens (primary N) is 1. The molecular weight excluding hydrogens is 366 g/mol. The van der Waals surface area contributed by atoms with Gasteiger partial charge >= 0.3 is 0 Å². The van der Waals surface area contributed by atoms with Gasteiger partial charge in [-0.15, -0.1) is 0 Å². The molecular formula is C20H22ClN3O3. The van der Waals surface area contributed by atoms with Crippen molar-refractivity contribution in [3.05, 3.63) is 70.7 Å². The summed E-state index contributed by atoms with van der Waals surface area (Å²) in [4.78, 5) is 37.1. The topological polar surface area (TPSA) is 101 Å². The van der Waals surface area contributed by atoms with Crippen molar-refractivity contribution < 1.29 is 14.4 Å². The van der Waals surface area contributed by atoms with Crippen LogP contribution in [0.5, 0.6) is 0 Å². The molecule has 2 aromatic carbocycles. The van der Waals surface area contributed by atoms with Crippen LogP contribution in [0, 0.1) is 5.92 Å². The Morgan fingerprint density at radius 2 is 1.52 bits per heavy atom. The normalized spacial score (nSPS) is 12.9. The largest absolute Gasteiger partial charge is 0.368 e. The maximum Gasteiger partial charge on any atom is 0.253 e. The second-order valence-electron chi connectivity index (χ2n) is 6.43. The number of primary amides is 1. The van der Waals surface area contributed by atoms with Crippen molar-refractivity contribution in [3.8, 4) is 0 Å². The molecule has 0 aliphatic rings. The van der Waals surface area contributed by atoms with Gasteiger partial charge in [0.05, 0.1) is 10.6 Å². The van der Waals surface area contributed by atoms with Crippen molar-refractivity contribution in [2.45, 2.75) is 25.9 Å². The molecule has 0 aliphatic carbocycles. The summed E-state index contributed by atoms with van der Waals surface area (Å²) in [6, 6.07) is 13.4. The molecule has 0 aromatic heterocycles. The molecule has 0 saturated heterocycles. The van der Waals surface area contributed by atoms with Crippen LogP contribution in [0.1, 0.15) is 35.8 Å². The second-order valence-corrected chi connectivity index (χ2v) is 6.84. The third-order valence-electron chi connectivity index (χ3n) is 4.06. The number of carbonyl (C=O) groups is 3. The van der Waals surface area contributed by atoms with Gasteiger partial charge in [-0.25, -0.2) is 0 Å². The summed E-state index contributed by atoms with van der Waals surface area (Å²) in [5.74, 6) is -1.88. The second kappa shape index (κ2) is 9.19. The monoisotopic (exact) mass is 387 g/mol. The van der Waals surface area contributed by atoms with E-state index in [4.69, 9.17) is 17.3 Å². The molecule has 7 heteroatoms. The van der Waals surface area contributed by atoms with Crippen LogP contribution in [0.2, 0.25) is 5.02 Å². The smallest absolute Gasteiger partial charge is 0.253 e. The number of benzene rings is 2. The Hall–Kier alpha value is -2.86. The third kappa shape index (κ3) is 5.31. The fourth-order valence-electron chi connectivity index (χ4n) is 2.60. The van der Waals surface area contributed by atoms with Crippen LogP contribution in [0.4, 0.5) is 0 Å². The highest BCUT2D eigenvalue weighted by atomic mass is 35.5. The number of nitrogens with one attached hydrogen (secondary N) is 2. The van der Waals surface area contributed by atoms with E-state index in [0.29, 0.717) is 5.56 Å². The highest BCUT2D eigenvalue weighted by Gasteiger charge is 2.29. The first-order chi connectivity index (χ1) is 12.8. The predicted molar refractivity (Wildman–Crippen MR) is 104 cm³/mol. The first-order valence-electron chi connectivity index (χ1n) is 8.51. The van der Waals surface area contributed by atoms with Gasteiger partial charge in [0.1, 0.15) is 12.1 Å². The summed E-state index contributed by atoms with van der Waals surface area (Å²) in [6.45, 7) is 3.58. The van der Waals surface area contributed by atoms with Crippen LogP contribution in [-0.2, 0) is 9.59 Å². The lowest BCUT2D eigenvalue weighted by Crippen LogP contribution is -2.52. The SMILES string of the molecule is CC(C)C(NC(=O)c1ccccc1Cl)C(=O)NC(C(N)=O)c1ccccc1. The molecule has 27 heavy (non-hydrogen) atoms. The van der Waals surface area contributed by atoms with Gasteiger partial charge in [0.25, 0.3) is 5.91 Å². The van der Waals surface area contributed by atoms with Crippen molar-refractivity contribution in [3.63, 3.8) is 0 Å². The van der Waals surface area contributed by atoms with Crippen LogP contribution < -0.4 is 16.4 Å². The highest BCUT2D eigenvalue weighted by molar-refractivity contribution is 6.33. The molecule has 2 rings (SSSR count). The minimum absolute atomic E-state index is 0.222. The molecule has 0 aliphatic heterocycles. The van der Waals surface area contributed by atoms with Gasteiger partial charge < -0.3 is 16.4 Å². The van der Waals surface area contributed by atoms with Crippen LogP contribution >= 0.6 is 11.6 Å². The number of amides is 3. The zero-order valence-electron chi connectivity index (χ0n) is 15.1. The van der Waals surface area contributed by atoms with E-state index in [9.17, 15) is 14.4 Å². The van der Waals surface area contributed by atoms with Gasteiger partial charge in [0.2, 0.25) is 11.8 Å². The van der Waals surface area contributed by atoms with E-state index in [1.807, 2.05) is 0 Å². The van der Waals surface area contributed by atoms with Gasteiger partial charge in [-0.05, 0) is 23.6 Å². The minimum Gasteiger partial charge on any atom is -0.368 e. The minimum atomic E-state index is -0.989. The Bertz CT molecular complexity index is 824.